The summed E-state index contributed by atoms with van der Waals surface area (Å²) >= 11 is 0. The predicted octanol–water partition coefficient (Wildman–Crippen LogP) is 8.82. The number of benzene rings is 2. The Morgan fingerprint density at radius 3 is 2.00 bits per heavy atom. The molecule has 7 nitrogen and oxygen atoms in total. The normalized spacial score (nSPS) is 18.6. The van der Waals surface area contributed by atoms with Gasteiger partial charge in [-0.15, -0.1) is 0 Å². The van der Waals surface area contributed by atoms with Gasteiger partial charge < -0.3 is 14.2 Å². The standard InChI is InChI=1S/C31H48N2O5Si2/c1-30(2,3)39(7,8)37-26-18-19-27(28(21-26)38-40(9,10)31(4,5)6)22-14-16-24(17-15-22)32-29(34)23-12-11-13-25(20-23)33(35)36/h11-13,18-22,24H,14-17H2,1-10H3,(H,32,34). The van der Waals surface area contributed by atoms with Crippen LogP contribution in [0.15, 0.2) is 42.5 Å². The highest BCUT2D eigenvalue weighted by Gasteiger charge is 2.41. The zero-order chi connectivity index (χ0) is 30.1. The molecule has 3 rings (SSSR count). The third-order valence-electron chi connectivity index (χ3n) is 9.16. The summed E-state index contributed by atoms with van der Waals surface area (Å²) in [6.07, 6.45) is 3.53. The molecule has 2 aromatic carbocycles. The number of nitro groups is 1. The molecule has 1 fully saturated rings. The van der Waals surface area contributed by atoms with Crippen LogP contribution in [0.4, 0.5) is 5.69 Å². The summed E-state index contributed by atoms with van der Waals surface area (Å²) in [7, 11) is -4.10. The Balaban J connectivity index is 1.79. The van der Waals surface area contributed by atoms with Gasteiger partial charge in [-0.1, -0.05) is 53.7 Å². The molecule has 40 heavy (non-hydrogen) atoms. The number of nitro benzene ring substituents is 1. The molecule has 1 aliphatic rings. The lowest BCUT2D eigenvalue weighted by Gasteiger charge is -2.39. The molecule has 1 amide bonds. The van der Waals surface area contributed by atoms with E-state index in [9.17, 15) is 14.9 Å². The number of amides is 1. The van der Waals surface area contributed by atoms with E-state index in [1.807, 2.05) is 0 Å². The largest absolute Gasteiger partial charge is 0.543 e. The average molecular weight is 585 g/mol. The van der Waals surface area contributed by atoms with Gasteiger partial charge in [-0.05, 0) is 85.6 Å². The molecule has 0 bridgehead atoms. The van der Waals surface area contributed by atoms with E-state index < -0.39 is 21.6 Å². The van der Waals surface area contributed by atoms with Crippen LogP contribution in [-0.2, 0) is 0 Å². The highest BCUT2D eigenvalue weighted by Crippen LogP contribution is 2.45. The predicted molar refractivity (Wildman–Crippen MR) is 168 cm³/mol. The molecule has 1 aliphatic carbocycles. The van der Waals surface area contributed by atoms with E-state index >= 15 is 0 Å². The second kappa shape index (κ2) is 11.7. The van der Waals surface area contributed by atoms with Crippen LogP contribution in [0.25, 0.3) is 0 Å². The van der Waals surface area contributed by atoms with Crippen LogP contribution in [0.1, 0.15) is 89.1 Å². The SMILES string of the molecule is CC(C)(C)[Si](C)(C)Oc1ccc(C2CCC(NC(=O)c3cccc([N+](=O)[O-])c3)CC2)c(O[Si](C)(C)C(C)(C)C)c1. The van der Waals surface area contributed by atoms with Crippen molar-refractivity contribution < 1.29 is 18.6 Å². The Labute approximate surface area is 242 Å². The molecule has 0 heterocycles. The molecule has 1 N–H and O–H groups in total. The summed E-state index contributed by atoms with van der Waals surface area (Å²) in [4.78, 5) is 23.4. The van der Waals surface area contributed by atoms with Crippen molar-refractivity contribution in [1.29, 1.82) is 0 Å². The Bertz CT molecular complexity index is 1220. The monoisotopic (exact) mass is 584 g/mol. The molecule has 0 atom stereocenters. The number of hydrogen-bond donors (Lipinski definition) is 1. The van der Waals surface area contributed by atoms with E-state index in [4.69, 9.17) is 8.85 Å². The molecule has 0 saturated heterocycles. The van der Waals surface area contributed by atoms with Gasteiger partial charge in [0.1, 0.15) is 11.5 Å². The summed E-state index contributed by atoms with van der Waals surface area (Å²) in [5, 5.41) is 14.4. The summed E-state index contributed by atoms with van der Waals surface area (Å²) in [6, 6.07) is 12.3. The molecule has 220 valence electrons. The quantitative estimate of drug-likeness (QED) is 0.190. The van der Waals surface area contributed by atoms with Gasteiger partial charge in [0.25, 0.3) is 11.6 Å². The number of rotatable bonds is 8. The number of nitrogens with zero attached hydrogens (tertiary/aromatic N) is 1. The average Bonchev–Trinajstić information content (AvgIpc) is 2.83. The molecular weight excluding hydrogens is 537 g/mol. The van der Waals surface area contributed by atoms with Crippen molar-refractivity contribution in [3.05, 3.63) is 63.7 Å². The molecule has 0 aliphatic heterocycles. The van der Waals surface area contributed by atoms with Crippen molar-refractivity contribution in [2.24, 2.45) is 0 Å². The van der Waals surface area contributed by atoms with Crippen LogP contribution in [0.2, 0.25) is 36.3 Å². The minimum absolute atomic E-state index is 0.0361. The Morgan fingerprint density at radius 1 is 0.875 bits per heavy atom. The fourth-order valence-electron chi connectivity index (χ4n) is 4.46. The van der Waals surface area contributed by atoms with Gasteiger partial charge in [0.2, 0.25) is 16.6 Å². The minimum atomic E-state index is -2.09. The number of nitrogens with one attached hydrogen (secondary N) is 1. The Hall–Kier alpha value is -2.66. The van der Waals surface area contributed by atoms with Gasteiger partial charge in [0.15, 0.2) is 0 Å². The molecule has 9 heteroatoms. The number of carbonyl (C=O) groups is 1. The van der Waals surface area contributed by atoms with E-state index in [-0.39, 0.29) is 27.7 Å². The first-order valence-corrected chi connectivity index (χ1v) is 20.2. The first-order valence-electron chi connectivity index (χ1n) is 14.4. The van der Waals surface area contributed by atoms with Crippen molar-refractivity contribution in [3.8, 4) is 11.5 Å². The lowest BCUT2D eigenvalue weighted by molar-refractivity contribution is -0.384. The minimum Gasteiger partial charge on any atom is -0.543 e. The summed E-state index contributed by atoms with van der Waals surface area (Å²) in [5.74, 6) is 1.88. The van der Waals surface area contributed by atoms with Gasteiger partial charge >= 0.3 is 0 Å². The van der Waals surface area contributed by atoms with E-state index in [0.717, 1.165) is 37.2 Å². The van der Waals surface area contributed by atoms with Gasteiger partial charge in [-0.25, -0.2) is 0 Å². The molecular formula is C31H48N2O5Si2. The Morgan fingerprint density at radius 2 is 1.45 bits per heavy atom. The van der Waals surface area contributed by atoms with Crippen LogP contribution in [0.3, 0.4) is 0 Å². The topological polar surface area (TPSA) is 90.7 Å². The second-order valence-corrected chi connectivity index (χ2v) is 23.7. The van der Waals surface area contributed by atoms with Crippen molar-refractivity contribution in [3.63, 3.8) is 0 Å². The number of hydrogen-bond acceptors (Lipinski definition) is 5. The zero-order valence-electron chi connectivity index (χ0n) is 26.0. The molecule has 2 aromatic rings. The van der Waals surface area contributed by atoms with Crippen molar-refractivity contribution >= 4 is 28.2 Å². The van der Waals surface area contributed by atoms with Gasteiger partial charge in [-0.3, -0.25) is 14.9 Å². The summed E-state index contributed by atoms with van der Waals surface area (Å²) in [5.41, 5.74) is 1.46. The van der Waals surface area contributed by atoms with E-state index in [1.165, 1.54) is 17.7 Å². The molecule has 1 saturated carbocycles. The maximum absolute atomic E-state index is 12.8. The summed E-state index contributed by atoms with van der Waals surface area (Å²) < 4.78 is 13.6. The van der Waals surface area contributed by atoms with E-state index in [1.54, 1.807) is 12.1 Å². The third kappa shape index (κ3) is 7.54. The highest BCUT2D eigenvalue weighted by atomic mass is 28.4. The molecule has 0 radical (unpaired) electrons. The maximum Gasteiger partial charge on any atom is 0.270 e. The van der Waals surface area contributed by atoms with Crippen LogP contribution >= 0.6 is 0 Å². The second-order valence-electron chi connectivity index (χ2n) is 14.3. The first-order chi connectivity index (χ1) is 18.3. The lowest BCUT2D eigenvalue weighted by atomic mass is 9.81. The molecule has 0 spiro atoms. The van der Waals surface area contributed by atoms with Crippen molar-refractivity contribution in [1.82, 2.24) is 5.32 Å². The lowest BCUT2D eigenvalue weighted by Crippen LogP contribution is -2.44. The molecule has 0 aromatic heterocycles. The van der Waals surface area contributed by atoms with Crippen molar-refractivity contribution in [2.45, 2.75) is 115 Å². The highest BCUT2D eigenvalue weighted by molar-refractivity contribution is 6.75. The third-order valence-corrected chi connectivity index (χ3v) is 17.9. The van der Waals surface area contributed by atoms with Crippen LogP contribution in [0, 0.1) is 10.1 Å². The number of non-ortho nitro benzene ring substituents is 1. The summed E-state index contributed by atoms with van der Waals surface area (Å²) in [6.45, 7) is 22.6. The maximum atomic E-state index is 12.8. The Kier molecular flexibility index (Phi) is 9.31. The van der Waals surface area contributed by atoms with Gasteiger partial charge in [-0.2, -0.15) is 0 Å². The molecule has 0 unspecified atom stereocenters. The van der Waals surface area contributed by atoms with Crippen LogP contribution in [-0.4, -0.2) is 33.5 Å². The van der Waals surface area contributed by atoms with Crippen LogP contribution < -0.4 is 14.2 Å². The number of carbonyl (C=O) groups excluding carboxylic acids is 1. The van der Waals surface area contributed by atoms with E-state index in [0.29, 0.717) is 11.5 Å². The fraction of sp³-hybridized carbons (Fsp3) is 0.581. The first kappa shape index (κ1) is 31.9. The smallest absolute Gasteiger partial charge is 0.270 e. The van der Waals surface area contributed by atoms with E-state index in [2.05, 4.69) is 91.2 Å². The fourth-order valence-corrected chi connectivity index (χ4v) is 6.51. The zero-order valence-corrected chi connectivity index (χ0v) is 28.0. The van der Waals surface area contributed by atoms with Gasteiger partial charge in [0.05, 0.1) is 4.92 Å². The van der Waals surface area contributed by atoms with Gasteiger partial charge in [0, 0.05) is 29.8 Å². The van der Waals surface area contributed by atoms with Crippen molar-refractivity contribution in [2.75, 3.05) is 0 Å². The van der Waals surface area contributed by atoms with Crippen LogP contribution in [0.5, 0.6) is 11.5 Å².